The highest BCUT2D eigenvalue weighted by Crippen LogP contribution is 2.37. The van der Waals surface area contributed by atoms with Gasteiger partial charge in [-0.15, -0.1) is 24.0 Å². The van der Waals surface area contributed by atoms with E-state index in [0.717, 1.165) is 159 Å². The number of rotatable bonds is 21. The zero-order valence-corrected chi connectivity index (χ0v) is 73.0. The topological polar surface area (TPSA) is 283 Å². The third-order valence-corrected chi connectivity index (χ3v) is 25.2. The Morgan fingerprint density at radius 2 is 0.965 bits per heavy atom. The third kappa shape index (κ3) is 32.2. The molecule has 3 aliphatic carbocycles. The van der Waals surface area contributed by atoms with Crippen molar-refractivity contribution >= 4 is 66.1 Å². The van der Waals surface area contributed by atoms with Gasteiger partial charge in [0.05, 0.1) is 18.1 Å². The van der Waals surface area contributed by atoms with Crippen LogP contribution < -0.4 is 27.0 Å². The Hall–Kier alpha value is -5.80. The molecule has 0 radical (unpaired) electrons. The van der Waals surface area contributed by atoms with Gasteiger partial charge in [0.2, 0.25) is 17.7 Å². The van der Waals surface area contributed by atoms with Crippen LogP contribution in [-0.2, 0) is 52.7 Å². The van der Waals surface area contributed by atoms with Gasteiger partial charge < -0.3 is 76.4 Å². The number of benzene rings is 3. The minimum atomic E-state index is -1.06. The predicted octanol–water partition coefficient (Wildman–Crippen LogP) is 13.0. The van der Waals surface area contributed by atoms with Crippen molar-refractivity contribution in [3.63, 3.8) is 0 Å². The largest absolute Gasteiger partial charge is 0.480 e. The fourth-order valence-electron chi connectivity index (χ4n) is 18.3. The molecule has 3 saturated carbocycles. The standard InChI is InChI=1S/C28H44N4O2.C24H37N3O.C16H24N2.C13H23NO3.C9H17NO4.HI.H2O.H2/c1-21(29-2)27(33)30-26(24-12-7-4-8-13-24)28(34)32-19-16-23-14-9-17-31(20-25(23)32)18-15-22-10-5-3-6-11-22;25-23(21-10-5-2-6-11-21)24(28)27-17-14-20-12-7-15-26(18-22(20)27)16-13-19-8-3-1-4-9-19;1-2-5-14(6-3-1)9-12-18-11-4-7-15-8-10-17-16(15)13-18;1-13(2,3)17-12(16)14-11(9-15)10-7-5-4-6-8-10;1-6(7(11)12)10(5)8(13)14-9(2,3)4;;;/h3,5-6,10-11,21,23-26,29H,4,7-9,12-20H2,1-2H3,(H,30,33);1,3-4,8-9,20-23H,2,5-7,10-18,25H2;1-3,5-6,15-17H,4,7-13H2;9-11H,4-8H2,1-3H3,(H,14,16);6H,1-5H3,(H,11,12);1H;1H2;1H/t21-,23+,25+,26-;20-,22-,23+;15-,16-;11-;6-;;;/m01111.../s1. The molecule has 23 heteroatoms. The lowest BCUT2D eigenvalue weighted by molar-refractivity contribution is -0.142. The zero-order chi connectivity index (χ0) is 79.9. The number of aldehydes is 1. The van der Waals surface area contributed by atoms with Gasteiger partial charge in [0, 0.05) is 79.0 Å². The Kier molecular flexibility index (Phi) is 42.0. The van der Waals surface area contributed by atoms with E-state index in [2.05, 4.69) is 137 Å². The lowest BCUT2D eigenvalue weighted by Gasteiger charge is -2.37. The van der Waals surface area contributed by atoms with Crippen LogP contribution in [0.25, 0.3) is 0 Å². The summed E-state index contributed by atoms with van der Waals surface area (Å²) in [5.74, 6) is 2.43. The lowest BCUT2D eigenvalue weighted by atomic mass is 9.83. The number of ether oxygens (including phenoxy) is 2. The zero-order valence-electron chi connectivity index (χ0n) is 70.7. The lowest BCUT2D eigenvalue weighted by Crippen LogP contribution is -2.57. The number of nitrogens with zero attached hydrogens (tertiary/aromatic N) is 6. The van der Waals surface area contributed by atoms with Crippen molar-refractivity contribution < 1.29 is 55.0 Å². The van der Waals surface area contributed by atoms with Crippen LogP contribution in [0.4, 0.5) is 9.59 Å². The first-order valence-corrected chi connectivity index (χ1v) is 43.3. The molecule has 6 aliphatic heterocycles. The summed E-state index contributed by atoms with van der Waals surface area (Å²) < 4.78 is 10.1. The molecule has 0 aromatic heterocycles. The molecule has 3 aromatic carbocycles. The first kappa shape index (κ1) is 96.0. The molecule has 11 atom stereocenters. The Labute approximate surface area is 697 Å². The van der Waals surface area contributed by atoms with Crippen LogP contribution in [0.3, 0.4) is 0 Å². The highest BCUT2D eigenvalue weighted by molar-refractivity contribution is 14.0. The number of alkyl carbamates (subject to hydrolysis) is 1. The van der Waals surface area contributed by atoms with Crippen LogP contribution >= 0.6 is 24.0 Å². The van der Waals surface area contributed by atoms with Crippen molar-refractivity contribution in [1.82, 2.24) is 50.7 Å². The smallest absolute Gasteiger partial charge is 0.410 e. The van der Waals surface area contributed by atoms with Crippen molar-refractivity contribution in [1.29, 1.82) is 0 Å². The molecule has 9 aliphatic rings. The predicted molar refractivity (Wildman–Crippen MR) is 464 cm³/mol. The quantitative estimate of drug-likeness (QED) is 0.0427. The number of halogens is 1. The van der Waals surface area contributed by atoms with Crippen molar-refractivity contribution in [3.05, 3.63) is 108 Å². The van der Waals surface area contributed by atoms with Gasteiger partial charge in [-0.2, -0.15) is 0 Å². The molecule has 0 bridgehead atoms. The highest BCUT2D eigenvalue weighted by Gasteiger charge is 2.45. The number of carboxylic acids is 1. The molecule has 12 rings (SSSR count). The Balaban J connectivity index is 0.000000263. The summed E-state index contributed by atoms with van der Waals surface area (Å²) in [6.45, 7) is 27.0. The first-order chi connectivity index (χ1) is 53.3. The van der Waals surface area contributed by atoms with E-state index in [-0.39, 0.29) is 84.6 Å². The molecule has 113 heavy (non-hydrogen) atoms. The average molecular weight is 1690 g/mol. The maximum Gasteiger partial charge on any atom is 0.410 e. The van der Waals surface area contributed by atoms with Crippen molar-refractivity contribution in [3.8, 4) is 0 Å². The number of aliphatic carboxylic acids is 1. The maximum absolute atomic E-state index is 14.0. The van der Waals surface area contributed by atoms with E-state index in [9.17, 15) is 33.6 Å². The van der Waals surface area contributed by atoms with E-state index in [1.807, 2.05) is 27.7 Å². The van der Waals surface area contributed by atoms with Gasteiger partial charge in [-0.3, -0.25) is 19.3 Å². The molecule has 9 N–H and O–H groups in total. The molecule has 5 amide bonds. The number of likely N-dealkylation sites (N-methyl/N-ethyl adjacent to an activating group) is 2. The Morgan fingerprint density at radius 3 is 1.39 bits per heavy atom. The van der Waals surface area contributed by atoms with Crippen LogP contribution in [0.5, 0.6) is 0 Å². The first-order valence-electron chi connectivity index (χ1n) is 43.3. The molecule has 638 valence electrons. The molecule has 0 spiro atoms. The Bertz CT molecular complexity index is 3250. The SMILES string of the molecule is CC(C)(C)OC(=O)N[C@H](C=O)C1CCCCC1.CN[C@@H](C)C(=O)N[C@H](C(=O)N1CC[C@H]2CCCN(CCc3ccccc3)C[C@H]21)C1CCCCC1.C[C@H](C(=O)O)N(C)C(=O)OC(C)(C)C.I.N[C@H](C(=O)N1CC[C@H]2CCCN(CCc3ccccc3)C[C@H]21)C1CCCCC1.O.[HH].c1ccc(CCN2CCC[C@@H]3CCN[C@@H]3C2)cc1. The summed E-state index contributed by atoms with van der Waals surface area (Å²) in [5.41, 5.74) is 9.62. The number of nitrogens with two attached hydrogens (primary N) is 1. The van der Waals surface area contributed by atoms with Gasteiger partial charge in [0.1, 0.15) is 29.6 Å². The van der Waals surface area contributed by atoms with E-state index >= 15 is 0 Å². The molecule has 6 heterocycles. The summed E-state index contributed by atoms with van der Waals surface area (Å²) in [5, 5.41) is 21.2. The van der Waals surface area contributed by atoms with E-state index in [1.54, 1.807) is 27.8 Å². The van der Waals surface area contributed by atoms with E-state index in [4.69, 9.17) is 20.3 Å². The van der Waals surface area contributed by atoms with Crippen LogP contribution in [-0.4, -0.2) is 234 Å². The van der Waals surface area contributed by atoms with Gasteiger partial charge in [0.25, 0.3) is 0 Å². The van der Waals surface area contributed by atoms with E-state index in [0.29, 0.717) is 23.8 Å². The molecular weight excluding hydrogens is 1540 g/mol. The summed E-state index contributed by atoms with van der Waals surface area (Å²) in [4.78, 5) is 97.8. The molecule has 0 unspecified atom stereocenters. The van der Waals surface area contributed by atoms with Crippen LogP contribution in [0.1, 0.15) is 228 Å². The number of nitrogens with one attached hydrogen (secondary N) is 4. The number of carbonyl (C=O) groups excluding carboxylic acids is 6. The molecular formula is C90H150IN11O11. The Morgan fingerprint density at radius 1 is 0.549 bits per heavy atom. The number of fused-ring (bicyclic) bond motifs is 3. The number of carboxylic acid groups (broad SMARTS) is 1. The van der Waals surface area contributed by atoms with E-state index in [1.165, 1.54) is 147 Å². The maximum atomic E-state index is 14.0. The van der Waals surface area contributed by atoms with Gasteiger partial charge >= 0.3 is 18.2 Å². The minimum Gasteiger partial charge on any atom is -0.480 e. The monoisotopic (exact) mass is 1690 g/mol. The summed E-state index contributed by atoms with van der Waals surface area (Å²) >= 11 is 0. The van der Waals surface area contributed by atoms with Crippen molar-refractivity contribution in [2.75, 3.05) is 92.6 Å². The minimum absolute atomic E-state index is 0. The van der Waals surface area contributed by atoms with Gasteiger partial charge in [0.15, 0.2) is 0 Å². The normalized spacial score (nSPS) is 23.9. The van der Waals surface area contributed by atoms with Crippen LogP contribution in [0, 0.1) is 35.5 Å². The van der Waals surface area contributed by atoms with Crippen molar-refractivity contribution in [2.45, 2.75) is 288 Å². The average Bonchev–Trinajstić information content (AvgIpc) is 1.61. The summed E-state index contributed by atoms with van der Waals surface area (Å²) in [6.07, 6.45) is 31.7. The molecule has 9 fully saturated rings. The summed E-state index contributed by atoms with van der Waals surface area (Å²) in [7, 11) is 3.19. The molecule has 6 saturated heterocycles. The van der Waals surface area contributed by atoms with Gasteiger partial charge in [-0.25, -0.2) is 14.4 Å². The number of amides is 5. The van der Waals surface area contributed by atoms with Crippen LogP contribution in [0.2, 0.25) is 0 Å². The second kappa shape index (κ2) is 49.4. The molecule has 3 aromatic rings. The second-order valence-electron chi connectivity index (χ2n) is 35.6. The number of hydrogen-bond acceptors (Lipinski definition) is 15. The highest BCUT2D eigenvalue weighted by atomic mass is 127. The fourth-order valence-corrected chi connectivity index (χ4v) is 18.3. The number of hydrogen-bond donors (Lipinski definition) is 6. The van der Waals surface area contributed by atoms with Crippen LogP contribution in [0.15, 0.2) is 91.0 Å². The number of likely N-dealkylation sites (tertiary alicyclic amines) is 5. The molecule has 22 nitrogen and oxygen atoms in total. The number of carbonyl (C=O) groups is 7. The van der Waals surface area contributed by atoms with Gasteiger partial charge in [-0.1, -0.05) is 149 Å². The van der Waals surface area contributed by atoms with Gasteiger partial charge in [-0.05, 0) is 256 Å². The summed E-state index contributed by atoms with van der Waals surface area (Å²) in [6, 6.07) is 31.5. The fraction of sp³-hybridized carbons (Fsp3) is 0.722. The van der Waals surface area contributed by atoms with E-state index < -0.39 is 41.4 Å². The third-order valence-electron chi connectivity index (χ3n) is 25.2. The second-order valence-corrected chi connectivity index (χ2v) is 35.6. The van der Waals surface area contributed by atoms with Crippen molar-refractivity contribution in [2.24, 2.45) is 41.2 Å².